The van der Waals surface area contributed by atoms with Gasteiger partial charge in [0.1, 0.15) is 11.3 Å². The van der Waals surface area contributed by atoms with Gasteiger partial charge in [-0.2, -0.15) is 15.0 Å². The summed E-state index contributed by atoms with van der Waals surface area (Å²) in [6.07, 6.45) is 0.468. The molecule has 0 amide bonds. The number of anilines is 3. The Bertz CT molecular complexity index is 1300. The SMILES string of the molecule is COc1cccc2c1nc(C(F)F)n2-c1nc(N2CCOCC2)nc(N(C)c2cccnc2)n1. The number of pyridine rings is 1. The van der Waals surface area contributed by atoms with Gasteiger partial charge in [0.2, 0.25) is 17.8 Å². The van der Waals surface area contributed by atoms with Crippen molar-refractivity contribution in [1.29, 1.82) is 0 Å². The first-order chi connectivity index (χ1) is 16.6. The molecule has 1 fully saturated rings. The highest BCUT2D eigenvalue weighted by molar-refractivity contribution is 5.84. The fraction of sp³-hybridized carbons (Fsp3) is 0.318. The van der Waals surface area contributed by atoms with E-state index in [2.05, 4.69) is 24.9 Å². The molecule has 0 unspecified atom stereocenters. The number of ether oxygens (including phenoxy) is 2. The van der Waals surface area contributed by atoms with Gasteiger partial charge in [0, 0.05) is 26.3 Å². The highest BCUT2D eigenvalue weighted by Crippen LogP contribution is 2.32. The maximum atomic E-state index is 14.1. The molecular weight excluding hydrogens is 446 g/mol. The minimum Gasteiger partial charge on any atom is -0.494 e. The van der Waals surface area contributed by atoms with E-state index in [0.29, 0.717) is 49.0 Å². The number of rotatable bonds is 6. The van der Waals surface area contributed by atoms with Crippen LogP contribution in [0.1, 0.15) is 12.2 Å². The first kappa shape index (κ1) is 21.9. The molecule has 1 saturated heterocycles. The van der Waals surface area contributed by atoms with Gasteiger partial charge in [-0.05, 0) is 24.3 Å². The minimum atomic E-state index is -2.86. The van der Waals surface area contributed by atoms with Crippen LogP contribution in [0.4, 0.5) is 26.4 Å². The summed E-state index contributed by atoms with van der Waals surface area (Å²) in [7, 11) is 3.25. The van der Waals surface area contributed by atoms with E-state index in [-0.39, 0.29) is 11.9 Å². The average Bonchev–Trinajstić information content (AvgIpc) is 3.29. The fourth-order valence-electron chi connectivity index (χ4n) is 3.78. The zero-order chi connectivity index (χ0) is 23.7. The van der Waals surface area contributed by atoms with E-state index in [9.17, 15) is 8.78 Å². The van der Waals surface area contributed by atoms with E-state index in [4.69, 9.17) is 9.47 Å². The zero-order valence-corrected chi connectivity index (χ0v) is 18.6. The van der Waals surface area contributed by atoms with Crippen LogP contribution in [0.25, 0.3) is 17.0 Å². The summed E-state index contributed by atoms with van der Waals surface area (Å²) in [6, 6.07) is 8.71. The monoisotopic (exact) mass is 468 g/mol. The molecular formula is C22H22F2N8O2. The maximum absolute atomic E-state index is 14.1. The number of methoxy groups -OCH3 is 1. The number of hydrogen-bond donors (Lipinski definition) is 0. The predicted octanol–water partition coefficient (Wildman–Crippen LogP) is 3.16. The van der Waals surface area contributed by atoms with Crippen molar-refractivity contribution in [3.05, 3.63) is 48.5 Å². The predicted molar refractivity (Wildman–Crippen MR) is 121 cm³/mol. The number of fused-ring (bicyclic) bond motifs is 1. The third-order valence-corrected chi connectivity index (χ3v) is 5.52. The van der Waals surface area contributed by atoms with E-state index in [1.165, 1.54) is 11.7 Å². The smallest absolute Gasteiger partial charge is 0.296 e. The summed E-state index contributed by atoms with van der Waals surface area (Å²) < 4.78 is 40.3. The average molecular weight is 468 g/mol. The number of benzene rings is 1. The van der Waals surface area contributed by atoms with Crippen LogP contribution in [0.15, 0.2) is 42.7 Å². The van der Waals surface area contributed by atoms with Gasteiger partial charge in [-0.3, -0.25) is 9.55 Å². The van der Waals surface area contributed by atoms with Crippen LogP contribution in [-0.4, -0.2) is 69.9 Å². The van der Waals surface area contributed by atoms with E-state index in [1.807, 2.05) is 11.0 Å². The highest BCUT2D eigenvalue weighted by Gasteiger charge is 2.26. The van der Waals surface area contributed by atoms with Crippen molar-refractivity contribution >= 4 is 28.6 Å². The van der Waals surface area contributed by atoms with Crippen LogP contribution in [0.3, 0.4) is 0 Å². The number of halogens is 2. The van der Waals surface area contributed by atoms with Crippen LogP contribution in [0.5, 0.6) is 5.75 Å². The van der Waals surface area contributed by atoms with E-state index in [1.54, 1.807) is 48.6 Å². The van der Waals surface area contributed by atoms with Crippen molar-refractivity contribution in [3.63, 3.8) is 0 Å². The molecule has 12 heteroatoms. The summed E-state index contributed by atoms with van der Waals surface area (Å²) in [6.45, 7) is 2.17. The normalized spacial score (nSPS) is 14.1. The Kier molecular flexibility index (Phi) is 5.88. The second-order valence-electron chi connectivity index (χ2n) is 7.54. The summed E-state index contributed by atoms with van der Waals surface area (Å²) in [5.41, 5.74) is 1.44. The molecule has 0 N–H and O–H groups in total. The Morgan fingerprint density at radius 2 is 1.82 bits per heavy atom. The van der Waals surface area contributed by atoms with Crippen LogP contribution in [-0.2, 0) is 4.74 Å². The van der Waals surface area contributed by atoms with Gasteiger partial charge in [0.05, 0.1) is 37.7 Å². The van der Waals surface area contributed by atoms with Gasteiger partial charge in [-0.15, -0.1) is 0 Å². The lowest BCUT2D eigenvalue weighted by atomic mass is 10.3. The molecule has 0 bridgehead atoms. The quantitative estimate of drug-likeness (QED) is 0.423. The zero-order valence-electron chi connectivity index (χ0n) is 18.6. The van der Waals surface area contributed by atoms with Crippen molar-refractivity contribution < 1.29 is 18.3 Å². The molecule has 4 aromatic rings. The molecule has 0 radical (unpaired) electrons. The lowest BCUT2D eigenvalue weighted by Gasteiger charge is -2.28. The molecule has 1 aliphatic heterocycles. The number of para-hydroxylation sites is 1. The summed E-state index contributed by atoms with van der Waals surface area (Å²) in [5, 5.41) is 0. The molecule has 10 nitrogen and oxygen atoms in total. The molecule has 34 heavy (non-hydrogen) atoms. The molecule has 176 valence electrons. The second kappa shape index (κ2) is 9.14. The summed E-state index contributed by atoms with van der Waals surface area (Å²) in [5.74, 6) is 0.587. The first-order valence-corrected chi connectivity index (χ1v) is 10.6. The topological polar surface area (TPSA) is 94.3 Å². The van der Waals surface area contributed by atoms with Crippen molar-refractivity contribution in [2.75, 3.05) is 50.3 Å². The largest absolute Gasteiger partial charge is 0.494 e. The molecule has 5 rings (SSSR count). The number of alkyl halides is 2. The fourth-order valence-corrected chi connectivity index (χ4v) is 3.78. The van der Waals surface area contributed by atoms with Crippen LogP contribution in [0.2, 0.25) is 0 Å². The standard InChI is InChI=1S/C22H22F2N8O2/c1-30(14-5-4-8-25-13-14)20-27-21(31-9-11-34-12-10-31)29-22(28-20)32-15-6-3-7-16(33-2)17(15)26-19(32)18(23)24/h3-8,13,18H,9-12H2,1-2H3. The summed E-state index contributed by atoms with van der Waals surface area (Å²) in [4.78, 5) is 25.8. The van der Waals surface area contributed by atoms with Gasteiger partial charge in [0.15, 0.2) is 5.82 Å². The molecule has 0 aliphatic carbocycles. The molecule has 3 aromatic heterocycles. The molecule has 4 heterocycles. The number of imidazole rings is 1. The second-order valence-corrected chi connectivity index (χ2v) is 7.54. The van der Waals surface area contributed by atoms with Gasteiger partial charge in [-0.1, -0.05) is 6.07 Å². The third-order valence-electron chi connectivity index (χ3n) is 5.52. The Labute approximate surface area is 193 Å². The Hall–Kier alpha value is -3.93. The van der Waals surface area contributed by atoms with E-state index >= 15 is 0 Å². The van der Waals surface area contributed by atoms with Crippen LogP contribution >= 0.6 is 0 Å². The Balaban J connectivity index is 1.72. The molecule has 0 spiro atoms. The lowest BCUT2D eigenvalue weighted by Crippen LogP contribution is -2.38. The Morgan fingerprint density at radius 1 is 1.03 bits per heavy atom. The highest BCUT2D eigenvalue weighted by atomic mass is 19.3. The number of hydrogen-bond acceptors (Lipinski definition) is 9. The number of aromatic nitrogens is 6. The molecule has 1 aliphatic rings. The van der Waals surface area contributed by atoms with Crippen LogP contribution < -0.4 is 14.5 Å². The molecule has 1 aromatic carbocycles. The lowest BCUT2D eigenvalue weighted by molar-refractivity contribution is 0.122. The van der Waals surface area contributed by atoms with Crippen molar-refractivity contribution in [1.82, 2.24) is 29.5 Å². The first-order valence-electron chi connectivity index (χ1n) is 10.6. The molecule has 0 saturated carbocycles. The van der Waals surface area contributed by atoms with Crippen molar-refractivity contribution in [2.45, 2.75) is 6.43 Å². The summed E-state index contributed by atoms with van der Waals surface area (Å²) >= 11 is 0. The van der Waals surface area contributed by atoms with E-state index < -0.39 is 12.2 Å². The minimum absolute atomic E-state index is 0.0354. The van der Waals surface area contributed by atoms with Gasteiger partial charge >= 0.3 is 0 Å². The number of nitrogens with zero attached hydrogens (tertiary/aromatic N) is 8. The van der Waals surface area contributed by atoms with Crippen LogP contribution in [0, 0.1) is 0 Å². The number of morpholine rings is 1. The molecule has 0 atom stereocenters. The van der Waals surface area contributed by atoms with Gasteiger partial charge in [-0.25, -0.2) is 13.8 Å². The maximum Gasteiger partial charge on any atom is 0.296 e. The third kappa shape index (κ3) is 3.96. The van der Waals surface area contributed by atoms with Crippen molar-refractivity contribution in [2.24, 2.45) is 0 Å². The van der Waals surface area contributed by atoms with Gasteiger partial charge < -0.3 is 19.3 Å². The van der Waals surface area contributed by atoms with Crippen molar-refractivity contribution in [3.8, 4) is 11.7 Å². The van der Waals surface area contributed by atoms with Gasteiger partial charge in [0.25, 0.3) is 6.43 Å². The Morgan fingerprint density at radius 3 is 2.53 bits per heavy atom. The van der Waals surface area contributed by atoms with E-state index in [0.717, 1.165) is 5.69 Å².